The molecule has 2 nitrogen and oxygen atoms in total. The van der Waals surface area contributed by atoms with Gasteiger partial charge in [-0.15, -0.1) is 0 Å². The Bertz CT molecular complexity index is 489. The Morgan fingerprint density at radius 2 is 2.06 bits per heavy atom. The van der Waals surface area contributed by atoms with Gasteiger partial charge in [0.25, 0.3) is 4.34 Å². The van der Waals surface area contributed by atoms with E-state index >= 15 is 0 Å². The van der Waals surface area contributed by atoms with Crippen LogP contribution in [-0.2, 0) is 6.54 Å². The quantitative estimate of drug-likeness (QED) is 0.434. The van der Waals surface area contributed by atoms with Gasteiger partial charge in [0.05, 0.1) is 4.83 Å². The number of nitrogens with zero attached hydrogens (tertiary/aromatic N) is 1. The third-order valence-electron chi connectivity index (χ3n) is 2.34. The molecule has 1 aliphatic rings. The second kappa shape index (κ2) is 5.82. The molecule has 0 radical (unpaired) electrons. The molecule has 0 saturated carbocycles. The van der Waals surface area contributed by atoms with E-state index in [1.807, 2.05) is 23.1 Å². The van der Waals surface area contributed by atoms with Crippen LogP contribution in [0.3, 0.4) is 0 Å². The van der Waals surface area contributed by atoms with Crippen LogP contribution in [0.2, 0.25) is 0 Å². The maximum atomic E-state index is 3.69. The Labute approximate surface area is 121 Å². The second-order valence-corrected chi connectivity index (χ2v) is 6.95. The first kappa shape index (κ1) is 14.4. The van der Waals surface area contributed by atoms with Crippen LogP contribution in [0, 0.1) is 0 Å². The third kappa shape index (κ3) is 2.46. The van der Waals surface area contributed by atoms with Crippen molar-refractivity contribution in [3.05, 3.63) is 24.3 Å². The minimum atomic E-state index is 0. The number of rotatable bonds is 0. The van der Waals surface area contributed by atoms with E-state index in [0.717, 1.165) is 6.54 Å². The summed E-state index contributed by atoms with van der Waals surface area (Å²) < 4.78 is 5.27. The van der Waals surface area contributed by atoms with Gasteiger partial charge in [-0.05, 0) is 17.8 Å². The zero-order valence-electron chi connectivity index (χ0n) is 8.32. The van der Waals surface area contributed by atoms with Gasteiger partial charge in [-0.2, -0.15) is 4.57 Å². The van der Waals surface area contributed by atoms with Crippen LogP contribution in [0.15, 0.2) is 28.6 Å². The molecule has 2 heterocycles. The first-order valence-electron chi connectivity index (χ1n) is 4.53. The van der Waals surface area contributed by atoms with Gasteiger partial charge in [-0.1, -0.05) is 39.4 Å². The molecule has 1 aliphatic heterocycles. The fourth-order valence-corrected chi connectivity index (χ4v) is 4.76. The highest BCUT2D eigenvalue weighted by Crippen LogP contribution is 2.32. The smallest absolute Gasteiger partial charge is 0.298 e. The first-order chi connectivity index (χ1) is 6.84. The number of aromatic nitrogens is 1. The number of hydrogen-bond donors (Lipinski definition) is 0. The molecule has 1 unspecified atom stereocenters. The number of halogens is 2. The normalized spacial score (nSPS) is 18.4. The second-order valence-electron chi connectivity index (χ2n) is 3.35. The highest BCUT2D eigenvalue weighted by Gasteiger charge is 2.28. The molecule has 0 bridgehead atoms. The molecule has 1 aromatic carbocycles. The molecule has 2 aromatic rings. The number of thioether (sulfide) groups is 1. The fraction of sp³-hybridized carbons (Fsp3) is 0.300. The molecule has 0 aliphatic carbocycles. The van der Waals surface area contributed by atoms with E-state index < -0.39 is 0 Å². The molecule has 16 heavy (non-hydrogen) atoms. The Morgan fingerprint density at radius 3 is 2.88 bits per heavy atom. The fourth-order valence-electron chi connectivity index (χ4n) is 1.71. The maximum absolute atomic E-state index is 3.69. The lowest BCUT2D eigenvalue weighted by molar-refractivity contribution is -0.702. The molecule has 1 aromatic heterocycles. The summed E-state index contributed by atoms with van der Waals surface area (Å²) in [5.41, 5.74) is 1.38. The molecule has 6 heteroatoms. The summed E-state index contributed by atoms with van der Waals surface area (Å²) in [6.45, 7) is 1.10. The van der Waals surface area contributed by atoms with Crippen LogP contribution < -0.4 is 21.5 Å². The van der Waals surface area contributed by atoms with Crippen LogP contribution in [-0.4, -0.2) is 16.1 Å². The molecule has 0 spiro atoms. The number of fused-ring (bicyclic) bond motifs is 3. The number of alkyl halides is 1. The van der Waals surface area contributed by atoms with Crippen molar-refractivity contribution in [3.8, 4) is 0 Å². The van der Waals surface area contributed by atoms with Gasteiger partial charge in [0.2, 0.25) is 5.52 Å². The summed E-state index contributed by atoms with van der Waals surface area (Å²) in [6.07, 6.45) is 0. The minimum Gasteiger partial charge on any atom is -1.00 e. The summed E-state index contributed by atoms with van der Waals surface area (Å²) in [4.78, 5) is 0.614. The lowest BCUT2D eigenvalue weighted by Gasteiger charge is -2.10. The van der Waals surface area contributed by atoms with Gasteiger partial charge < -0.3 is 22.5 Å². The van der Waals surface area contributed by atoms with Gasteiger partial charge >= 0.3 is 0 Å². The molecule has 1 atom stereocenters. The number of para-hydroxylation sites is 1. The van der Waals surface area contributed by atoms with E-state index in [2.05, 4.69) is 44.8 Å². The maximum Gasteiger partial charge on any atom is 0.298 e. The summed E-state index contributed by atoms with van der Waals surface area (Å²) in [5.74, 6) is 1.19. The largest absolute Gasteiger partial charge is 1.00 e. The van der Waals surface area contributed by atoms with Crippen LogP contribution in [0.25, 0.3) is 10.2 Å². The van der Waals surface area contributed by atoms with Gasteiger partial charge in [0.15, 0.2) is 6.54 Å². The number of benzene rings is 1. The van der Waals surface area contributed by atoms with Crippen molar-refractivity contribution < 1.29 is 27.0 Å². The lowest BCUT2D eigenvalue weighted by Crippen LogP contribution is -3.00. The summed E-state index contributed by atoms with van der Waals surface area (Å²) in [7, 11) is 0. The molecule has 2 N–H and O–H groups in total. The molecular weight excluding hydrogens is 374 g/mol. The molecular formula is C10H11Br2NOS2. The van der Waals surface area contributed by atoms with Gasteiger partial charge in [-0.3, -0.25) is 0 Å². The Kier molecular flexibility index (Phi) is 5.25. The monoisotopic (exact) mass is 383 g/mol. The van der Waals surface area contributed by atoms with Crippen molar-refractivity contribution >= 4 is 49.2 Å². The van der Waals surface area contributed by atoms with Crippen LogP contribution in [0.4, 0.5) is 0 Å². The summed E-state index contributed by atoms with van der Waals surface area (Å²) >= 11 is 7.56. The Morgan fingerprint density at radius 1 is 1.31 bits per heavy atom. The summed E-state index contributed by atoms with van der Waals surface area (Å²) in [6, 6.07) is 8.64. The van der Waals surface area contributed by atoms with E-state index in [4.69, 9.17) is 0 Å². The minimum absolute atomic E-state index is 0. The Hall–Kier alpha value is 0.380. The summed E-state index contributed by atoms with van der Waals surface area (Å²) in [5, 5.41) is 0. The van der Waals surface area contributed by atoms with Crippen molar-refractivity contribution in [2.45, 2.75) is 15.7 Å². The van der Waals surface area contributed by atoms with Crippen molar-refractivity contribution in [2.75, 3.05) is 5.75 Å². The van der Waals surface area contributed by atoms with Crippen LogP contribution >= 0.6 is 39.0 Å². The van der Waals surface area contributed by atoms with Crippen LogP contribution in [0.5, 0.6) is 0 Å². The van der Waals surface area contributed by atoms with E-state index in [0.29, 0.717) is 4.83 Å². The predicted octanol–water partition coefficient (Wildman–Crippen LogP) is -0.763. The van der Waals surface area contributed by atoms with Gasteiger partial charge in [0, 0.05) is 11.8 Å². The van der Waals surface area contributed by atoms with Gasteiger partial charge in [0.1, 0.15) is 4.70 Å². The van der Waals surface area contributed by atoms with E-state index in [9.17, 15) is 0 Å². The van der Waals surface area contributed by atoms with Crippen molar-refractivity contribution in [3.63, 3.8) is 0 Å². The zero-order chi connectivity index (χ0) is 9.54. The highest BCUT2D eigenvalue weighted by atomic mass is 79.9. The molecule has 3 rings (SSSR count). The zero-order valence-corrected chi connectivity index (χ0v) is 13.1. The van der Waals surface area contributed by atoms with Crippen molar-refractivity contribution in [1.82, 2.24) is 0 Å². The average molecular weight is 385 g/mol. The highest BCUT2D eigenvalue weighted by molar-refractivity contribution is 9.09. The van der Waals surface area contributed by atoms with Crippen molar-refractivity contribution in [1.29, 1.82) is 0 Å². The van der Waals surface area contributed by atoms with Crippen LogP contribution in [0.1, 0.15) is 0 Å². The molecule has 0 amide bonds. The molecule has 0 saturated heterocycles. The Balaban J connectivity index is 0.000000640. The first-order valence-corrected chi connectivity index (χ1v) is 7.24. The van der Waals surface area contributed by atoms with E-state index in [1.54, 1.807) is 0 Å². The topological polar surface area (TPSA) is 35.4 Å². The SMILES string of the molecule is BrC1CSc2sc3ccccc3[n+]2C1.O.[Br-]. The standard InChI is InChI=1S/C10H9BrNS2.BrH.H2O/c11-7-5-12-8-3-1-2-4-9(8)14-10(12)13-6-7;;/h1-4,7H,5-6H2;1H;1H2/q+1;;/p-1. The van der Waals surface area contributed by atoms with Gasteiger partial charge in [-0.25, -0.2) is 0 Å². The molecule has 0 fully saturated rings. The average Bonchev–Trinajstić information content (AvgIpc) is 2.56. The lowest BCUT2D eigenvalue weighted by atomic mass is 10.3. The predicted molar refractivity (Wildman–Crippen MR) is 69.1 cm³/mol. The number of hydrogen-bond acceptors (Lipinski definition) is 2. The number of thiazole rings is 1. The van der Waals surface area contributed by atoms with Crippen molar-refractivity contribution in [2.24, 2.45) is 0 Å². The van der Waals surface area contributed by atoms with E-state index in [1.165, 1.54) is 20.3 Å². The molecule has 88 valence electrons. The third-order valence-corrected chi connectivity index (χ3v) is 5.98. The van der Waals surface area contributed by atoms with E-state index in [-0.39, 0.29) is 22.5 Å².